The van der Waals surface area contributed by atoms with Crippen molar-refractivity contribution in [2.45, 2.75) is 27.2 Å². The second-order valence-electron chi connectivity index (χ2n) is 4.51. The van der Waals surface area contributed by atoms with Gasteiger partial charge in [0.05, 0.1) is 5.92 Å². The van der Waals surface area contributed by atoms with E-state index < -0.39 is 0 Å². The van der Waals surface area contributed by atoms with Gasteiger partial charge >= 0.3 is 0 Å². The van der Waals surface area contributed by atoms with Crippen molar-refractivity contribution >= 4 is 5.78 Å². The van der Waals surface area contributed by atoms with Crippen LogP contribution in [0.4, 0.5) is 0 Å². The molecule has 0 saturated carbocycles. The number of ketones is 1. The fourth-order valence-electron chi connectivity index (χ4n) is 2.06. The van der Waals surface area contributed by atoms with E-state index in [0.29, 0.717) is 0 Å². The van der Waals surface area contributed by atoms with Crippen LogP contribution in [-0.4, -0.2) is 5.78 Å². The molecule has 0 aromatic rings. The smallest absolute Gasteiger partial charge is 0.163 e. The third kappa shape index (κ3) is 2.03. The van der Waals surface area contributed by atoms with Gasteiger partial charge in [-0.25, -0.2) is 0 Å². The monoisotopic (exact) mass is 190 g/mol. The SMILES string of the molecule is C=C1C=CCC(C)(C)C1C(=O)/C=C\C. The lowest BCUT2D eigenvalue weighted by Crippen LogP contribution is -2.32. The molecule has 1 rings (SSSR count). The van der Waals surface area contributed by atoms with Crippen LogP contribution in [0.3, 0.4) is 0 Å². The van der Waals surface area contributed by atoms with Crippen LogP contribution < -0.4 is 0 Å². The van der Waals surface area contributed by atoms with Gasteiger partial charge in [-0.05, 0) is 30.4 Å². The molecular weight excluding hydrogens is 172 g/mol. The first kappa shape index (κ1) is 11.0. The zero-order valence-corrected chi connectivity index (χ0v) is 9.21. The molecule has 1 aliphatic carbocycles. The Morgan fingerprint density at radius 1 is 1.64 bits per heavy atom. The summed E-state index contributed by atoms with van der Waals surface area (Å²) in [4.78, 5) is 11.8. The molecule has 0 spiro atoms. The van der Waals surface area contributed by atoms with Gasteiger partial charge in [0.1, 0.15) is 0 Å². The minimum atomic E-state index is -0.0521. The van der Waals surface area contributed by atoms with Gasteiger partial charge < -0.3 is 0 Å². The molecule has 0 aliphatic heterocycles. The molecule has 76 valence electrons. The predicted octanol–water partition coefficient (Wildman–Crippen LogP) is 3.29. The van der Waals surface area contributed by atoms with Crippen molar-refractivity contribution < 1.29 is 4.79 Å². The summed E-state index contributed by atoms with van der Waals surface area (Å²) in [6.45, 7) is 10.1. The first-order valence-electron chi connectivity index (χ1n) is 5.01. The quantitative estimate of drug-likeness (QED) is 0.611. The van der Waals surface area contributed by atoms with E-state index in [2.05, 4.69) is 26.5 Å². The molecule has 0 aromatic carbocycles. The molecule has 0 amide bonds. The molecular formula is C13H18O. The fraction of sp³-hybridized carbons (Fsp3) is 0.462. The van der Waals surface area contributed by atoms with Crippen molar-refractivity contribution in [2.24, 2.45) is 11.3 Å². The van der Waals surface area contributed by atoms with Gasteiger partial charge in [0, 0.05) is 0 Å². The summed E-state index contributed by atoms with van der Waals surface area (Å²) in [6.07, 6.45) is 8.46. The van der Waals surface area contributed by atoms with E-state index in [0.717, 1.165) is 12.0 Å². The van der Waals surface area contributed by atoms with Crippen LogP contribution in [0.5, 0.6) is 0 Å². The predicted molar refractivity (Wildman–Crippen MR) is 60.0 cm³/mol. The standard InChI is InChI=1S/C13H18O/c1-5-7-11(14)12-10(2)8-6-9-13(12,3)4/h5-8,12H,2,9H2,1,3-4H3/b7-5-. The van der Waals surface area contributed by atoms with Crippen molar-refractivity contribution in [3.63, 3.8) is 0 Å². The third-order valence-electron chi connectivity index (χ3n) is 2.74. The molecule has 14 heavy (non-hydrogen) atoms. The number of allylic oxidation sites excluding steroid dienone is 5. The average molecular weight is 190 g/mol. The maximum absolute atomic E-state index is 11.8. The van der Waals surface area contributed by atoms with E-state index in [1.165, 1.54) is 0 Å². The minimum absolute atomic E-state index is 0.00241. The largest absolute Gasteiger partial charge is 0.294 e. The van der Waals surface area contributed by atoms with Crippen LogP contribution in [0.15, 0.2) is 36.5 Å². The zero-order chi connectivity index (χ0) is 10.8. The van der Waals surface area contributed by atoms with Crippen LogP contribution in [0.25, 0.3) is 0 Å². The Hall–Kier alpha value is -1.11. The number of hydrogen-bond acceptors (Lipinski definition) is 1. The van der Waals surface area contributed by atoms with Crippen molar-refractivity contribution in [1.29, 1.82) is 0 Å². The highest BCUT2D eigenvalue weighted by Gasteiger charge is 2.36. The first-order valence-corrected chi connectivity index (χ1v) is 5.01. The Balaban J connectivity index is 2.99. The summed E-state index contributed by atoms with van der Waals surface area (Å²) in [6, 6.07) is 0. The lowest BCUT2D eigenvalue weighted by atomic mass is 9.68. The van der Waals surface area contributed by atoms with E-state index in [9.17, 15) is 4.79 Å². The molecule has 1 unspecified atom stereocenters. The summed E-state index contributed by atoms with van der Waals surface area (Å²) >= 11 is 0. The molecule has 1 aliphatic rings. The Bertz CT molecular complexity index is 305. The van der Waals surface area contributed by atoms with Gasteiger partial charge in [-0.2, -0.15) is 0 Å². The van der Waals surface area contributed by atoms with E-state index in [1.807, 2.05) is 13.0 Å². The summed E-state index contributed by atoms with van der Waals surface area (Å²) in [7, 11) is 0. The Morgan fingerprint density at radius 3 is 2.79 bits per heavy atom. The zero-order valence-electron chi connectivity index (χ0n) is 9.21. The third-order valence-corrected chi connectivity index (χ3v) is 2.74. The van der Waals surface area contributed by atoms with E-state index in [4.69, 9.17) is 0 Å². The van der Waals surface area contributed by atoms with Crippen molar-refractivity contribution in [3.8, 4) is 0 Å². The van der Waals surface area contributed by atoms with Crippen LogP contribution in [0, 0.1) is 11.3 Å². The normalized spacial score (nSPS) is 25.6. The summed E-state index contributed by atoms with van der Waals surface area (Å²) in [5.74, 6) is 0.121. The van der Waals surface area contributed by atoms with E-state index in [-0.39, 0.29) is 17.1 Å². The molecule has 0 saturated heterocycles. The lowest BCUT2D eigenvalue weighted by Gasteiger charge is -2.35. The van der Waals surface area contributed by atoms with Gasteiger partial charge in [-0.15, -0.1) is 0 Å². The number of rotatable bonds is 2. The second kappa shape index (κ2) is 3.95. The number of carbonyl (C=O) groups excluding carboxylic acids is 1. The Morgan fingerprint density at radius 2 is 2.29 bits per heavy atom. The minimum Gasteiger partial charge on any atom is -0.294 e. The highest BCUT2D eigenvalue weighted by Crippen LogP contribution is 2.40. The molecule has 1 heteroatoms. The first-order chi connectivity index (χ1) is 6.49. The summed E-state index contributed by atoms with van der Waals surface area (Å²) < 4.78 is 0. The van der Waals surface area contributed by atoms with Crippen LogP contribution in [0.2, 0.25) is 0 Å². The highest BCUT2D eigenvalue weighted by molar-refractivity contribution is 5.94. The maximum atomic E-state index is 11.8. The van der Waals surface area contributed by atoms with Gasteiger partial charge in [-0.3, -0.25) is 4.79 Å². The van der Waals surface area contributed by atoms with Gasteiger partial charge in [-0.1, -0.05) is 38.7 Å². The van der Waals surface area contributed by atoms with Gasteiger partial charge in [0.15, 0.2) is 5.78 Å². The highest BCUT2D eigenvalue weighted by atomic mass is 16.1. The molecule has 0 aromatic heterocycles. The number of hydrogen-bond donors (Lipinski definition) is 0. The van der Waals surface area contributed by atoms with Crippen molar-refractivity contribution in [3.05, 3.63) is 36.5 Å². The Labute approximate surface area is 86.2 Å². The van der Waals surface area contributed by atoms with Gasteiger partial charge in [0.2, 0.25) is 0 Å². The van der Waals surface area contributed by atoms with Crippen LogP contribution in [0.1, 0.15) is 27.2 Å². The Kier molecular flexibility index (Phi) is 3.10. The fourth-order valence-corrected chi connectivity index (χ4v) is 2.06. The van der Waals surface area contributed by atoms with Gasteiger partial charge in [0.25, 0.3) is 0 Å². The lowest BCUT2D eigenvalue weighted by molar-refractivity contribution is -0.120. The van der Waals surface area contributed by atoms with Crippen molar-refractivity contribution in [2.75, 3.05) is 0 Å². The molecule has 0 heterocycles. The molecule has 1 atom stereocenters. The van der Waals surface area contributed by atoms with Crippen LogP contribution >= 0.6 is 0 Å². The van der Waals surface area contributed by atoms with E-state index in [1.54, 1.807) is 12.2 Å². The molecule has 0 radical (unpaired) electrons. The summed E-state index contributed by atoms with van der Waals surface area (Å²) in [5, 5.41) is 0. The number of carbonyl (C=O) groups is 1. The molecule has 0 fully saturated rings. The average Bonchev–Trinajstić information content (AvgIpc) is 2.02. The summed E-state index contributed by atoms with van der Waals surface area (Å²) in [5.41, 5.74) is 0.937. The van der Waals surface area contributed by atoms with Crippen molar-refractivity contribution in [1.82, 2.24) is 0 Å². The second-order valence-corrected chi connectivity index (χ2v) is 4.51. The molecule has 1 nitrogen and oxygen atoms in total. The maximum Gasteiger partial charge on any atom is 0.163 e. The molecule has 0 bridgehead atoms. The molecule has 0 N–H and O–H groups in total. The van der Waals surface area contributed by atoms with E-state index >= 15 is 0 Å². The topological polar surface area (TPSA) is 17.1 Å². The van der Waals surface area contributed by atoms with Crippen LogP contribution in [-0.2, 0) is 4.79 Å².